The van der Waals surface area contributed by atoms with E-state index < -0.39 is 0 Å². The van der Waals surface area contributed by atoms with Gasteiger partial charge in [-0.2, -0.15) is 0 Å². The van der Waals surface area contributed by atoms with Gasteiger partial charge >= 0.3 is 5.97 Å². The fraction of sp³-hybridized carbons (Fsp3) is 0.500. The number of rotatable bonds is 9. The summed E-state index contributed by atoms with van der Waals surface area (Å²) in [6.07, 6.45) is 0.870. The van der Waals surface area contributed by atoms with Crippen molar-refractivity contribution >= 4 is 11.8 Å². The van der Waals surface area contributed by atoms with E-state index in [-0.39, 0.29) is 24.6 Å². The van der Waals surface area contributed by atoms with Crippen LogP contribution >= 0.6 is 0 Å². The SMILES string of the molecule is CCOC(=O)CCCC(=O)c1ccc(OC)c(OC)c1OC. The molecule has 22 heavy (non-hydrogen) atoms. The monoisotopic (exact) mass is 310 g/mol. The molecule has 1 aromatic rings. The van der Waals surface area contributed by atoms with E-state index in [1.807, 2.05) is 0 Å². The molecular weight excluding hydrogens is 288 g/mol. The zero-order valence-corrected chi connectivity index (χ0v) is 13.4. The summed E-state index contributed by atoms with van der Waals surface area (Å²) in [7, 11) is 4.46. The highest BCUT2D eigenvalue weighted by Gasteiger charge is 2.20. The molecule has 0 aromatic heterocycles. The second kappa shape index (κ2) is 8.92. The number of hydrogen-bond acceptors (Lipinski definition) is 6. The normalized spacial score (nSPS) is 10.0. The van der Waals surface area contributed by atoms with Crippen LogP contribution in [-0.2, 0) is 9.53 Å². The lowest BCUT2D eigenvalue weighted by molar-refractivity contribution is -0.143. The maximum atomic E-state index is 12.3. The predicted molar refractivity (Wildman–Crippen MR) is 80.9 cm³/mol. The molecule has 122 valence electrons. The number of ketones is 1. The topological polar surface area (TPSA) is 71.1 Å². The Morgan fingerprint density at radius 1 is 0.955 bits per heavy atom. The van der Waals surface area contributed by atoms with E-state index in [9.17, 15) is 9.59 Å². The molecule has 0 unspecified atom stereocenters. The molecule has 0 saturated carbocycles. The Bertz CT molecular complexity index is 524. The predicted octanol–water partition coefficient (Wildman–Crippen LogP) is 2.63. The Kier molecular flexibility index (Phi) is 7.22. The Morgan fingerprint density at radius 2 is 1.64 bits per heavy atom. The van der Waals surface area contributed by atoms with Gasteiger partial charge in [-0.25, -0.2) is 0 Å². The third kappa shape index (κ3) is 4.38. The summed E-state index contributed by atoms with van der Waals surface area (Å²) in [5.74, 6) is 0.781. The standard InChI is InChI=1S/C16H22O6/c1-5-22-14(18)8-6-7-12(17)11-9-10-13(19-2)16(21-4)15(11)20-3/h9-10H,5-8H2,1-4H3. The first-order chi connectivity index (χ1) is 10.6. The largest absolute Gasteiger partial charge is 0.493 e. The van der Waals surface area contributed by atoms with Crippen molar-refractivity contribution in [2.45, 2.75) is 26.2 Å². The summed E-state index contributed by atoms with van der Waals surface area (Å²) < 4.78 is 20.5. The van der Waals surface area contributed by atoms with Crippen molar-refractivity contribution in [3.05, 3.63) is 17.7 Å². The first-order valence-electron chi connectivity index (χ1n) is 7.06. The highest BCUT2D eigenvalue weighted by molar-refractivity contribution is 6.00. The second-order valence-corrected chi connectivity index (χ2v) is 4.46. The summed E-state index contributed by atoms with van der Waals surface area (Å²) in [6, 6.07) is 3.28. The lowest BCUT2D eigenvalue weighted by Gasteiger charge is -2.15. The van der Waals surface area contributed by atoms with Crippen LogP contribution in [-0.4, -0.2) is 39.7 Å². The van der Waals surface area contributed by atoms with Gasteiger partial charge in [0, 0.05) is 12.8 Å². The van der Waals surface area contributed by atoms with Gasteiger partial charge in [-0.1, -0.05) is 0 Å². The quantitative estimate of drug-likeness (QED) is 0.516. The first-order valence-corrected chi connectivity index (χ1v) is 7.06. The molecule has 0 spiro atoms. The maximum absolute atomic E-state index is 12.3. The number of methoxy groups -OCH3 is 3. The minimum absolute atomic E-state index is 0.123. The minimum Gasteiger partial charge on any atom is -0.493 e. The van der Waals surface area contributed by atoms with Crippen molar-refractivity contribution < 1.29 is 28.5 Å². The molecule has 0 amide bonds. The maximum Gasteiger partial charge on any atom is 0.305 e. The van der Waals surface area contributed by atoms with E-state index in [0.29, 0.717) is 35.8 Å². The van der Waals surface area contributed by atoms with Crippen LogP contribution in [0.5, 0.6) is 17.2 Å². The van der Waals surface area contributed by atoms with E-state index in [1.54, 1.807) is 19.1 Å². The van der Waals surface area contributed by atoms with Gasteiger partial charge in [-0.3, -0.25) is 9.59 Å². The highest BCUT2D eigenvalue weighted by Crippen LogP contribution is 2.40. The van der Waals surface area contributed by atoms with Gasteiger partial charge < -0.3 is 18.9 Å². The van der Waals surface area contributed by atoms with E-state index in [1.165, 1.54) is 21.3 Å². The number of carbonyl (C=O) groups excluding carboxylic acids is 2. The number of benzene rings is 1. The minimum atomic E-state index is -0.297. The molecule has 0 bridgehead atoms. The van der Waals surface area contributed by atoms with Gasteiger partial charge in [-0.05, 0) is 25.5 Å². The number of esters is 1. The van der Waals surface area contributed by atoms with Crippen molar-refractivity contribution in [1.29, 1.82) is 0 Å². The molecule has 0 fully saturated rings. The molecule has 0 saturated heterocycles. The third-order valence-electron chi connectivity index (χ3n) is 3.09. The number of carbonyl (C=O) groups is 2. The van der Waals surface area contributed by atoms with E-state index in [4.69, 9.17) is 18.9 Å². The summed E-state index contributed by atoms with van der Waals surface area (Å²) >= 11 is 0. The molecule has 0 aliphatic heterocycles. The summed E-state index contributed by atoms with van der Waals surface area (Å²) in [5.41, 5.74) is 0.406. The Morgan fingerprint density at radius 3 is 2.18 bits per heavy atom. The summed E-state index contributed by atoms with van der Waals surface area (Å²) in [6.45, 7) is 2.09. The zero-order valence-electron chi connectivity index (χ0n) is 13.4. The lowest BCUT2D eigenvalue weighted by Crippen LogP contribution is -2.07. The van der Waals surface area contributed by atoms with E-state index >= 15 is 0 Å². The molecule has 1 rings (SSSR count). The van der Waals surface area contributed by atoms with Crippen LogP contribution in [0.3, 0.4) is 0 Å². The smallest absolute Gasteiger partial charge is 0.305 e. The molecular formula is C16H22O6. The van der Waals surface area contributed by atoms with Crippen LogP contribution in [0, 0.1) is 0 Å². The van der Waals surface area contributed by atoms with Crippen molar-refractivity contribution in [1.82, 2.24) is 0 Å². The molecule has 0 aliphatic rings. The number of ether oxygens (including phenoxy) is 4. The third-order valence-corrected chi connectivity index (χ3v) is 3.09. The van der Waals surface area contributed by atoms with Crippen molar-refractivity contribution in [3.8, 4) is 17.2 Å². The molecule has 0 aliphatic carbocycles. The van der Waals surface area contributed by atoms with Crippen molar-refractivity contribution in [2.75, 3.05) is 27.9 Å². The van der Waals surface area contributed by atoms with Crippen LogP contribution in [0.2, 0.25) is 0 Å². The van der Waals surface area contributed by atoms with Crippen LogP contribution in [0.25, 0.3) is 0 Å². The Labute approximate surface area is 130 Å². The van der Waals surface area contributed by atoms with Gasteiger partial charge in [0.25, 0.3) is 0 Å². The average molecular weight is 310 g/mol. The lowest BCUT2D eigenvalue weighted by atomic mass is 10.0. The van der Waals surface area contributed by atoms with Crippen molar-refractivity contribution in [2.24, 2.45) is 0 Å². The Hall–Kier alpha value is -2.24. The van der Waals surface area contributed by atoms with Gasteiger partial charge in [-0.15, -0.1) is 0 Å². The molecule has 6 nitrogen and oxygen atoms in total. The highest BCUT2D eigenvalue weighted by atomic mass is 16.5. The van der Waals surface area contributed by atoms with Crippen molar-refractivity contribution in [3.63, 3.8) is 0 Å². The number of hydrogen-bond donors (Lipinski definition) is 0. The number of Topliss-reactive ketones (excluding diaryl/α,β-unsaturated/α-hetero) is 1. The van der Waals surface area contributed by atoms with Gasteiger partial charge in [0.2, 0.25) is 5.75 Å². The fourth-order valence-corrected chi connectivity index (χ4v) is 2.08. The first kappa shape index (κ1) is 17.8. The molecule has 0 radical (unpaired) electrons. The molecule has 1 aromatic carbocycles. The van der Waals surface area contributed by atoms with Crippen LogP contribution in [0.1, 0.15) is 36.5 Å². The summed E-state index contributed by atoms with van der Waals surface area (Å²) in [5, 5.41) is 0. The van der Waals surface area contributed by atoms with Gasteiger partial charge in [0.05, 0.1) is 33.5 Å². The van der Waals surface area contributed by atoms with E-state index in [2.05, 4.69) is 0 Å². The molecule has 0 atom stereocenters. The fourth-order valence-electron chi connectivity index (χ4n) is 2.08. The average Bonchev–Trinajstić information content (AvgIpc) is 2.53. The van der Waals surface area contributed by atoms with Crippen LogP contribution in [0.15, 0.2) is 12.1 Å². The zero-order chi connectivity index (χ0) is 16.5. The second-order valence-electron chi connectivity index (χ2n) is 4.46. The summed E-state index contributed by atoms with van der Waals surface area (Å²) in [4.78, 5) is 23.6. The molecule has 6 heteroatoms. The van der Waals surface area contributed by atoms with Gasteiger partial charge in [0.1, 0.15) is 0 Å². The molecule has 0 N–H and O–H groups in total. The van der Waals surface area contributed by atoms with Crippen LogP contribution < -0.4 is 14.2 Å². The Balaban J connectivity index is 2.83. The van der Waals surface area contributed by atoms with E-state index in [0.717, 1.165) is 0 Å². The molecule has 0 heterocycles. The van der Waals surface area contributed by atoms with Gasteiger partial charge in [0.15, 0.2) is 17.3 Å². The van der Waals surface area contributed by atoms with Crippen LogP contribution in [0.4, 0.5) is 0 Å².